The van der Waals surface area contributed by atoms with Crippen LogP contribution in [0.2, 0.25) is 0 Å². The van der Waals surface area contributed by atoms with E-state index in [-0.39, 0.29) is 24.7 Å². The van der Waals surface area contributed by atoms with Gasteiger partial charge in [0, 0.05) is 11.5 Å². The Bertz CT molecular complexity index is 716. The Morgan fingerprint density at radius 3 is 3.12 bits per heavy atom. The minimum atomic E-state index is -0.609. The molecule has 2 aliphatic heterocycles. The zero-order chi connectivity index (χ0) is 18.5. The Morgan fingerprint density at radius 1 is 1.54 bits per heavy atom. The molecule has 7 heteroatoms. The molecule has 1 unspecified atom stereocenters. The van der Waals surface area contributed by atoms with Gasteiger partial charge in [-0.15, -0.1) is 6.58 Å². The summed E-state index contributed by atoms with van der Waals surface area (Å²) in [6.07, 6.45) is 1.84. The minimum absolute atomic E-state index is 0.00343. The molecule has 1 amide bonds. The molecule has 1 fully saturated rings. The normalized spacial score (nSPS) is 28.0. The van der Waals surface area contributed by atoms with E-state index in [1.165, 1.54) is 11.1 Å². The van der Waals surface area contributed by atoms with Gasteiger partial charge >= 0.3 is 0 Å². The standard InChI is InChI=1S/C19H24N4O3/c1-3-10-25-18-12-26-17(11-16(18)21-22-20)19(24)23-9-8-14-6-4-5-7-15(14)13(23)2/h3-7,13,16-18H,1,8-12H2,2H3/t13-,16?,17+,18-/m0/s1. The van der Waals surface area contributed by atoms with Gasteiger partial charge in [-0.2, -0.15) is 0 Å². The Balaban J connectivity index is 1.70. The molecule has 2 heterocycles. The number of nitrogens with zero attached hydrogens (tertiary/aromatic N) is 4. The number of benzene rings is 1. The predicted molar refractivity (Wildman–Crippen MR) is 97.5 cm³/mol. The first kappa shape index (κ1) is 18.5. The molecule has 0 saturated carbocycles. The summed E-state index contributed by atoms with van der Waals surface area (Å²) in [5, 5.41) is 3.82. The molecule has 26 heavy (non-hydrogen) atoms. The quantitative estimate of drug-likeness (QED) is 0.351. The van der Waals surface area contributed by atoms with Crippen molar-refractivity contribution in [3.63, 3.8) is 0 Å². The van der Waals surface area contributed by atoms with Crippen LogP contribution >= 0.6 is 0 Å². The maximum absolute atomic E-state index is 13.1. The lowest BCUT2D eigenvalue weighted by Crippen LogP contribution is -2.51. The fourth-order valence-corrected chi connectivity index (χ4v) is 3.73. The van der Waals surface area contributed by atoms with Gasteiger partial charge in [-0.25, -0.2) is 0 Å². The maximum atomic E-state index is 13.1. The van der Waals surface area contributed by atoms with Crippen molar-refractivity contribution < 1.29 is 14.3 Å². The SMILES string of the molecule is C=CCO[C@H]1CO[C@@H](C(=O)N2CCc3ccccc3[C@@H]2C)CC1N=[N+]=[N-]. The molecule has 1 saturated heterocycles. The second kappa shape index (κ2) is 8.36. The number of azide groups is 1. The summed E-state index contributed by atoms with van der Waals surface area (Å²) in [4.78, 5) is 17.8. The van der Waals surface area contributed by atoms with Crippen molar-refractivity contribution in [1.29, 1.82) is 0 Å². The number of carbonyl (C=O) groups excluding carboxylic acids is 1. The predicted octanol–water partition coefficient (Wildman–Crippen LogP) is 3.17. The summed E-state index contributed by atoms with van der Waals surface area (Å²) in [6.45, 7) is 6.90. The van der Waals surface area contributed by atoms with Crippen LogP contribution in [-0.4, -0.2) is 48.8 Å². The minimum Gasteiger partial charge on any atom is -0.371 e. The zero-order valence-electron chi connectivity index (χ0n) is 15.0. The van der Waals surface area contributed by atoms with Crippen LogP contribution in [0.3, 0.4) is 0 Å². The lowest BCUT2D eigenvalue weighted by atomic mass is 9.92. The summed E-state index contributed by atoms with van der Waals surface area (Å²) in [5.74, 6) is -0.0488. The topological polar surface area (TPSA) is 87.5 Å². The van der Waals surface area contributed by atoms with Crippen LogP contribution in [0.25, 0.3) is 10.4 Å². The van der Waals surface area contributed by atoms with E-state index in [0.717, 1.165) is 6.42 Å². The fraction of sp³-hybridized carbons (Fsp3) is 0.526. The number of rotatable bonds is 5. The highest BCUT2D eigenvalue weighted by molar-refractivity contribution is 5.82. The van der Waals surface area contributed by atoms with Gasteiger partial charge in [0.15, 0.2) is 0 Å². The Hall–Kier alpha value is -2.34. The van der Waals surface area contributed by atoms with E-state index in [0.29, 0.717) is 19.6 Å². The number of carbonyl (C=O) groups is 1. The molecule has 0 bridgehead atoms. The first-order valence-electron chi connectivity index (χ1n) is 8.92. The number of fused-ring (bicyclic) bond motifs is 1. The second-order valence-corrected chi connectivity index (χ2v) is 6.65. The molecule has 0 aromatic heterocycles. The lowest BCUT2D eigenvalue weighted by molar-refractivity contribution is -0.157. The smallest absolute Gasteiger partial charge is 0.252 e. The maximum Gasteiger partial charge on any atom is 0.252 e. The molecule has 0 aliphatic carbocycles. The molecule has 1 aromatic rings. The summed E-state index contributed by atoms with van der Waals surface area (Å²) in [7, 11) is 0. The highest BCUT2D eigenvalue weighted by Gasteiger charge is 2.39. The third-order valence-corrected chi connectivity index (χ3v) is 5.13. The van der Waals surface area contributed by atoms with Gasteiger partial charge in [-0.1, -0.05) is 35.5 Å². The molecule has 0 N–H and O–H groups in total. The average Bonchev–Trinajstić information content (AvgIpc) is 2.67. The number of ether oxygens (including phenoxy) is 2. The van der Waals surface area contributed by atoms with E-state index >= 15 is 0 Å². The second-order valence-electron chi connectivity index (χ2n) is 6.65. The van der Waals surface area contributed by atoms with E-state index in [9.17, 15) is 4.79 Å². The van der Waals surface area contributed by atoms with Crippen LogP contribution in [0.15, 0.2) is 42.0 Å². The van der Waals surface area contributed by atoms with Gasteiger partial charge < -0.3 is 14.4 Å². The Morgan fingerprint density at radius 2 is 2.35 bits per heavy atom. The largest absolute Gasteiger partial charge is 0.371 e. The first-order valence-corrected chi connectivity index (χ1v) is 8.92. The monoisotopic (exact) mass is 356 g/mol. The molecule has 2 aliphatic rings. The van der Waals surface area contributed by atoms with Crippen LogP contribution in [0.1, 0.15) is 30.5 Å². The van der Waals surface area contributed by atoms with Gasteiger partial charge in [0.2, 0.25) is 0 Å². The highest BCUT2D eigenvalue weighted by atomic mass is 16.5. The number of hydrogen-bond donors (Lipinski definition) is 0. The Labute approximate surface area is 153 Å². The van der Waals surface area contributed by atoms with Gasteiger partial charge in [0.25, 0.3) is 5.91 Å². The van der Waals surface area contributed by atoms with Gasteiger partial charge in [0.05, 0.1) is 31.4 Å². The molecule has 7 nitrogen and oxygen atoms in total. The Kier molecular flexibility index (Phi) is 5.93. The van der Waals surface area contributed by atoms with Crippen molar-refractivity contribution in [1.82, 2.24) is 4.90 Å². The van der Waals surface area contributed by atoms with Crippen molar-refractivity contribution in [2.45, 2.75) is 44.1 Å². The summed E-state index contributed by atoms with van der Waals surface area (Å²) >= 11 is 0. The fourth-order valence-electron chi connectivity index (χ4n) is 3.73. The number of amides is 1. The van der Waals surface area contributed by atoms with Crippen molar-refractivity contribution >= 4 is 5.91 Å². The summed E-state index contributed by atoms with van der Waals surface area (Å²) in [6, 6.07) is 7.80. The average molecular weight is 356 g/mol. The van der Waals surface area contributed by atoms with Gasteiger partial charge in [0.1, 0.15) is 6.10 Å². The molecular formula is C19H24N4O3. The van der Waals surface area contributed by atoms with E-state index in [2.05, 4.69) is 28.7 Å². The van der Waals surface area contributed by atoms with Crippen LogP contribution < -0.4 is 0 Å². The number of hydrogen-bond acceptors (Lipinski definition) is 4. The van der Waals surface area contributed by atoms with E-state index in [1.807, 2.05) is 24.0 Å². The van der Waals surface area contributed by atoms with Crippen molar-refractivity contribution in [2.24, 2.45) is 5.11 Å². The molecule has 3 rings (SSSR count). The van der Waals surface area contributed by atoms with E-state index < -0.39 is 12.1 Å². The molecule has 4 atom stereocenters. The van der Waals surface area contributed by atoms with Crippen LogP contribution in [0, 0.1) is 0 Å². The lowest BCUT2D eigenvalue weighted by Gasteiger charge is -2.40. The van der Waals surface area contributed by atoms with Crippen LogP contribution in [-0.2, 0) is 20.7 Å². The van der Waals surface area contributed by atoms with Gasteiger partial charge in [-0.05, 0) is 36.4 Å². The zero-order valence-corrected chi connectivity index (χ0v) is 15.0. The molecule has 0 radical (unpaired) electrons. The summed E-state index contributed by atoms with van der Waals surface area (Å²) in [5.41, 5.74) is 11.3. The molecule has 0 spiro atoms. The van der Waals surface area contributed by atoms with Crippen LogP contribution in [0.4, 0.5) is 0 Å². The van der Waals surface area contributed by atoms with Crippen molar-refractivity contribution in [3.8, 4) is 0 Å². The van der Waals surface area contributed by atoms with Crippen molar-refractivity contribution in [3.05, 3.63) is 58.5 Å². The van der Waals surface area contributed by atoms with Gasteiger partial charge in [-0.3, -0.25) is 4.79 Å². The van der Waals surface area contributed by atoms with E-state index in [4.69, 9.17) is 15.0 Å². The third kappa shape index (κ3) is 3.75. The molecule has 138 valence electrons. The first-order chi connectivity index (χ1) is 12.7. The van der Waals surface area contributed by atoms with Crippen LogP contribution in [0.5, 0.6) is 0 Å². The van der Waals surface area contributed by atoms with E-state index in [1.54, 1.807) is 6.08 Å². The molecule has 1 aromatic carbocycles. The third-order valence-electron chi connectivity index (χ3n) is 5.13. The highest BCUT2D eigenvalue weighted by Crippen LogP contribution is 2.31. The molecular weight excluding hydrogens is 332 g/mol. The van der Waals surface area contributed by atoms with Crippen molar-refractivity contribution in [2.75, 3.05) is 19.8 Å². The summed E-state index contributed by atoms with van der Waals surface area (Å²) < 4.78 is 11.4.